The Bertz CT molecular complexity index is 345. The molecule has 1 aromatic rings. The van der Waals surface area contributed by atoms with E-state index in [1.165, 1.54) is 0 Å². The van der Waals surface area contributed by atoms with Crippen molar-refractivity contribution in [1.82, 2.24) is 14.7 Å². The van der Waals surface area contributed by atoms with Crippen LogP contribution in [-0.2, 0) is 6.54 Å². The van der Waals surface area contributed by atoms with Gasteiger partial charge in [0, 0.05) is 14.1 Å². The van der Waals surface area contributed by atoms with E-state index < -0.39 is 0 Å². The fourth-order valence-electron chi connectivity index (χ4n) is 1.69. The molecule has 2 heterocycles. The molecular weight excluding hydrogens is 192 g/mol. The predicted octanol–water partition coefficient (Wildman–Crippen LogP) is 0.272. The second-order valence-corrected chi connectivity index (χ2v) is 4.34. The van der Waals surface area contributed by atoms with Crippen molar-refractivity contribution in [3.63, 3.8) is 0 Å². The van der Waals surface area contributed by atoms with E-state index in [2.05, 4.69) is 24.1 Å². The predicted molar refractivity (Wildman–Crippen MR) is 59.5 cm³/mol. The van der Waals surface area contributed by atoms with Crippen LogP contribution in [-0.4, -0.2) is 55.5 Å². The Hall–Kier alpha value is -1.23. The van der Waals surface area contributed by atoms with Crippen molar-refractivity contribution in [2.24, 2.45) is 0 Å². The number of anilines is 1. The van der Waals surface area contributed by atoms with Gasteiger partial charge in [-0.1, -0.05) is 0 Å². The molecule has 0 bridgehead atoms. The van der Waals surface area contributed by atoms with Crippen LogP contribution in [0, 0.1) is 0 Å². The maximum absolute atomic E-state index is 5.75. The number of aromatic nitrogens is 2. The highest BCUT2D eigenvalue weighted by atomic mass is 16.5. The number of nitrogens with zero attached hydrogens (tertiary/aromatic N) is 4. The van der Waals surface area contributed by atoms with E-state index >= 15 is 0 Å². The van der Waals surface area contributed by atoms with Gasteiger partial charge in [0.05, 0.1) is 18.8 Å². The molecule has 0 aliphatic carbocycles. The number of fused-ring (bicyclic) bond motifs is 1. The summed E-state index contributed by atoms with van der Waals surface area (Å²) in [7, 11) is 8.13. The Morgan fingerprint density at radius 3 is 2.73 bits per heavy atom. The highest BCUT2D eigenvalue weighted by molar-refractivity contribution is 5.53. The topological polar surface area (TPSA) is 33.5 Å². The summed E-state index contributed by atoms with van der Waals surface area (Å²) < 4.78 is 7.68. The largest absolute Gasteiger partial charge is 0.475 e. The standard InChI is InChI=1S/C10H18N4O/c1-12(2)8-6-14-10(15-7-8)9(5-11-14)13(3)4/h5,8H,6-7H2,1-4H3. The van der Waals surface area contributed by atoms with Gasteiger partial charge >= 0.3 is 0 Å². The van der Waals surface area contributed by atoms with E-state index in [4.69, 9.17) is 4.74 Å². The van der Waals surface area contributed by atoms with Gasteiger partial charge in [0.1, 0.15) is 12.3 Å². The summed E-state index contributed by atoms with van der Waals surface area (Å²) in [5.74, 6) is 0.887. The molecular formula is C10H18N4O. The van der Waals surface area contributed by atoms with Crippen molar-refractivity contribution in [3.8, 4) is 5.88 Å². The molecule has 0 fully saturated rings. The first kappa shape index (κ1) is 10.3. The van der Waals surface area contributed by atoms with Crippen LogP contribution in [0.3, 0.4) is 0 Å². The average Bonchev–Trinajstić information content (AvgIpc) is 2.59. The lowest BCUT2D eigenvalue weighted by atomic mass is 10.2. The zero-order valence-corrected chi connectivity index (χ0v) is 9.77. The molecule has 1 atom stereocenters. The Morgan fingerprint density at radius 1 is 1.40 bits per heavy atom. The molecule has 0 amide bonds. The molecule has 5 heteroatoms. The highest BCUT2D eigenvalue weighted by Crippen LogP contribution is 2.29. The lowest BCUT2D eigenvalue weighted by Gasteiger charge is -2.29. The van der Waals surface area contributed by atoms with E-state index in [0.717, 1.165) is 24.7 Å². The number of rotatable bonds is 2. The third kappa shape index (κ3) is 1.79. The summed E-state index contributed by atoms with van der Waals surface area (Å²) in [5, 5.41) is 4.33. The minimum absolute atomic E-state index is 0.410. The molecule has 0 N–H and O–H groups in total. The van der Waals surface area contributed by atoms with Crippen molar-refractivity contribution in [2.75, 3.05) is 39.7 Å². The summed E-state index contributed by atoms with van der Waals surface area (Å²) in [6, 6.07) is 0.410. The zero-order valence-electron chi connectivity index (χ0n) is 9.77. The smallest absolute Gasteiger partial charge is 0.236 e. The summed E-state index contributed by atoms with van der Waals surface area (Å²) in [4.78, 5) is 4.19. The van der Waals surface area contributed by atoms with E-state index in [0.29, 0.717) is 6.04 Å². The number of hydrogen-bond acceptors (Lipinski definition) is 4. The molecule has 0 aromatic carbocycles. The van der Waals surface area contributed by atoms with Gasteiger partial charge < -0.3 is 14.5 Å². The Morgan fingerprint density at radius 2 is 2.13 bits per heavy atom. The fourth-order valence-corrected chi connectivity index (χ4v) is 1.69. The number of hydrogen-bond donors (Lipinski definition) is 0. The van der Waals surface area contributed by atoms with Gasteiger partial charge in [-0.2, -0.15) is 5.10 Å². The van der Waals surface area contributed by atoms with Gasteiger partial charge in [0.2, 0.25) is 5.88 Å². The van der Waals surface area contributed by atoms with Gasteiger partial charge in [0.15, 0.2) is 0 Å². The third-order valence-corrected chi connectivity index (χ3v) is 2.78. The third-order valence-electron chi connectivity index (χ3n) is 2.78. The van der Waals surface area contributed by atoms with Crippen molar-refractivity contribution in [3.05, 3.63) is 6.20 Å². The monoisotopic (exact) mass is 210 g/mol. The van der Waals surface area contributed by atoms with E-state index in [-0.39, 0.29) is 0 Å². The molecule has 2 rings (SSSR count). The van der Waals surface area contributed by atoms with Crippen LogP contribution in [0.5, 0.6) is 5.88 Å². The minimum atomic E-state index is 0.410. The highest BCUT2D eigenvalue weighted by Gasteiger charge is 2.25. The van der Waals surface area contributed by atoms with E-state index in [1.807, 2.05) is 29.9 Å². The fraction of sp³-hybridized carbons (Fsp3) is 0.700. The van der Waals surface area contributed by atoms with Crippen molar-refractivity contribution >= 4 is 5.69 Å². The molecule has 1 aliphatic heterocycles. The Balaban J connectivity index is 2.22. The molecule has 1 aromatic heterocycles. The van der Waals surface area contributed by atoms with Crippen LogP contribution in [0.4, 0.5) is 5.69 Å². The van der Waals surface area contributed by atoms with Crippen molar-refractivity contribution < 1.29 is 4.74 Å². The maximum Gasteiger partial charge on any atom is 0.236 e. The molecule has 0 radical (unpaired) electrons. The van der Waals surface area contributed by atoms with Crippen molar-refractivity contribution in [2.45, 2.75) is 12.6 Å². The second kappa shape index (κ2) is 3.73. The average molecular weight is 210 g/mol. The van der Waals surface area contributed by atoms with Gasteiger partial charge in [0.25, 0.3) is 0 Å². The summed E-state index contributed by atoms with van der Waals surface area (Å²) in [6.07, 6.45) is 1.85. The summed E-state index contributed by atoms with van der Waals surface area (Å²) >= 11 is 0. The molecule has 15 heavy (non-hydrogen) atoms. The lowest BCUT2D eigenvalue weighted by molar-refractivity contribution is 0.121. The van der Waals surface area contributed by atoms with Crippen LogP contribution in [0.1, 0.15) is 0 Å². The number of likely N-dealkylation sites (N-methyl/N-ethyl adjacent to an activating group) is 1. The number of ether oxygens (including phenoxy) is 1. The van der Waals surface area contributed by atoms with Crippen LogP contribution >= 0.6 is 0 Å². The van der Waals surface area contributed by atoms with E-state index in [1.54, 1.807) is 0 Å². The maximum atomic E-state index is 5.75. The first-order valence-corrected chi connectivity index (χ1v) is 5.12. The Labute approximate surface area is 90.2 Å². The molecule has 84 valence electrons. The van der Waals surface area contributed by atoms with Crippen LogP contribution in [0.15, 0.2) is 6.20 Å². The van der Waals surface area contributed by atoms with Crippen LogP contribution in [0.25, 0.3) is 0 Å². The van der Waals surface area contributed by atoms with Crippen molar-refractivity contribution in [1.29, 1.82) is 0 Å². The molecule has 0 saturated carbocycles. The summed E-state index contributed by atoms with van der Waals surface area (Å²) in [5.41, 5.74) is 1.05. The normalized spacial score (nSPS) is 19.9. The SMILES string of the molecule is CN(C)c1cnn2c1OCC(N(C)C)C2. The molecule has 0 spiro atoms. The summed E-state index contributed by atoms with van der Waals surface area (Å²) in [6.45, 7) is 1.63. The Kier molecular flexibility index (Phi) is 2.56. The zero-order chi connectivity index (χ0) is 11.0. The van der Waals surface area contributed by atoms with Crippen LogP contribution in [0.2, 0.25) is 0 Å². The quantitative estimate of drug-likeness (QED) is 0.701. The molecule has 1 aliphatic rings. The lowest BCUT2D eigenvalue weighted by Crippen LogP contribution is -2.41. The van der Waals surface area contributed by atoms with Gasteiger partial charge in [-0.25, -0.2) is 4.68 Å². The minimum Gasteiger partial charge on any atom is -0.475 e. The van der Waals surface area contributed by atoms with Gasteiger partial charge in [-0.05, 0) is 14.1 Å². The van der Waals surface area contributed by atoms with Gasteiger partial charge in [-0.3, -0.25) is 0 Å². The van der Waals surface area contributed by atoms with Gasteiger partial charge in [-0.15, -0.1) is 0 Å². The molecule has 1 unspecified atom stereocenters. The molecule has 5 nitrogen and oxygen atoms in total. The second-order valence-electron chi connectivity index (χ2n) is 4.34. The first-order chi connectivity index (χ1) is 7.09. The van der Waals surface area contributed by atoms with E-state index in [9.17, 15) is 0 Å². The molecule has 0 saturated heterocycles. The first-order valence-electron chi connectivity index (χ1n) is 5.12. The van der Waals surface area contributed by atoms with Crippen LogP contribution < -0.4 is 9.64 Å².